The lowest BCUT2D eigenvalue weighted by molar-refractivity contribution is -0.143. The number of aliphatic imine (C=N–C) groups is 1. The lowest BCUT2D eigenvalue weighted by Crippen LogP contribution is -2.34. The molecule has 29 heavy (non-hydrogen) atoms. The number of methoxy groups -OCH3 is 1. The molecule has 0 spiro atoms. The Morgan fingerprint density at radius 1 is 1.31 bits per heavy atom. The number of halogens is 2. The van der Waals surface area contributed by atoms with Crippen molar-refractivity contribution in [2.45, 2.75) is 39.0 Å². The summed E-state index contributed by atoms with van der Waals surface area (Å²) in [4.78, 5) is 22.3. The van der Waals surface area contributed by atoms with E-state index in [1.165, 1.54) is 7.11 Å². The minimum Gasteiger partial charge on any atom is -0.468 e. The molecule has 0 amide bonds. The summed E-state index contributed by atoms with van der Waals surface area (Å²) in [5, 5.41) is 0.826. The highest BCUT2D eigenvalue weighted by molar-refractivity contribution is 6.42. The summed E-state index contributed by atoms with van der Waals surface area (Å²) >= 11 is 12.9. The third-order valence-corrected chi connectivity index (χ3v) is 6.85. The number of fused-ring (bicyclic) bond motifs is 2. The summed E-state index contributed by atoms with van der Waals surface area (Å²) in [6.07, 6.45) is 2.82. The summed E-state index contributed by atoms with van der Waals surface area (Å²) in [6, 6.07) is 5.42. The molecule has 0 saturated carbocycles. The molecule has 0 saturated heterocycles. The van der Waals surface area contributed by atoms with Gasteiger partial charge in [0, 0.05) is 28.6 Å². The van der Waals surface area contributed by atoms with Crippen molar-refractivity contribution in [2.75, 3.05) is 12.8 Å². The quantitative estimate of drug-likeness (QED) is 0.668. The van der Waals surface area contributed by atoms with Gasteiger partial charge in [0.15, 0.2) is 5.82 Å². The normalized spacial score (nSPS) is 23.1. The van der Waals surface area contributed by atoms with Crippen LogP contribution in [0.3, 0.4) is 0 Å². The standard InChI is InChI=1S/C22H23Cl2N3O2/c1-10-7-8-15-13(9-10)20(25)18-17(12-5-4-6-14(23)19(12)24)16(22(28)29-3)11(2)26-21(18)27-15/h4-6,10,16-17H,7-9H2,1-3H3,(H2,25,27). The number of benzene rings is 1. The van der Waals surface area contributed by atoms with E-state index in [1.54, 1.807) is 6.07 Å². The van der Waals surface area contributed by atoms with Crippen LogP contribution in [0.1, 0.15) is 48.6 Å². The number of rotatable bonds is 2. The zero-order chi connectivity index (χ0) is 20.9. The topological polar surface area (TPSA) is 77.6 Å². The number of nitrogen functional groups attached to an aromatic ring is 1. The number of hydrogen-bond donors (Lipinski definition) is 1. The lowest BCUT2D eigenvalue weighted by atomic mass is 9.74. The van der Waals surface area contributed by atoms with E-state index in [4.69, 9.17) is 38.7 Å². The van der Waals surface area contributed by atoms with Crippen LogP contribution in [0.5, 0.6) is 0 Å². The van der Waals surface area contributed by atoms with Crippen LogP contribution >= 0.6 is 23.2 Å². The van der Waals surface area contributed by atoms with Crippen molar-refractivity contribution >= 4 is 46.4 Å². The Balaban J connectivity index is 2.01. The van der Waals surface area contributed by atoms with Gasteiger partial charge in [0.25, 0.3) is 0 Å². The molecular formula is C22H23Cl2N3O2. The molecular weight excluding hydrogens is 409 g/mol. The van der Waals surface area contributed by atoms with Crippen molar-refractivity contribution < 1.29 is 9.53 Å². The Kier molecular flexibility index (Phi) is 5.30. The molecule has 3 atom stereocenters. The summed E-state index contributed by atoms with van der Waals surface area (Å²) in [5.41, 5.74) is 11.5. The monoisotopic (exact) mass is 431 g/mol. The second-order valence-corrected chi connectivity index (χ2v) is 8.70. The fourth-order valence-corrected chi connectivity index (χ4v) is 4.95. The summed E-state index contributed by atoms with van der Waals surface area (Å²) < 4.78 is 5.11. The lowest BCUT2D eigenvalue weighted by Gasteiger charge is -2.34. The Labute approximate surface area is 180 Å². The van der Waals surface area contributed by atoms with Crippen LogP contribution in [-0.2, 0) is 22.4 Å². The van der Waals surface area contributed by atoms with Crippen LogP contribution in [0.2, 0.25) is 10.0 Å². The van der Waals surface area contributed by atoms with Crippen LogP contribution in [0.4, 0.5) is 11.5 Å². The van der Waals surface area contributed by atoms with E-state index in [-0.39, 0.29) is 5.97 Å². The maximum Gasteiger partial charge on any atom is 0.315 e. The molecule has 2 aromatic rings. The van der Waals surface area contributed by atoms with Crippen molar-refractivity contribution in [3.63, 3.8) is 0 Å². The van der Waals surface area contributed by atoms with Crippen LogP contribution in [0.25, 0.3) is 0 Å². The number of carbonyl (C=O) groups excluding carboxylic acids is 1. The number of nitrogens with two attached hydrogens (primary N) is 1. The molecule has 7 heteroatoms. The average molecular weight is 432 g/mol. The fourth-order valence-electron chi connectivity index (χ4n) is 4.53. The predicted molar refractivity (Wildman–Crippen MR) is 116 cm³/mol. The van der Waals surface area contributed by atoms with E-state index in [9.17, 15) is 4.79 Å². The number of anilines is 1. The van der Waals surface area contributed by atoms with Gasteiger partial charge in [0.2, 0.25) is 0 Å². The largest absolute Gasteiger partial charge is 0.468 e. The molecule has 2 heterocycles. The first-order chi connectivity index (χ1) is 13.8. The zero-order valence-corrected chi connectivity index (χ0v) is 18.1. The van der Waals surface area contributed by atoms with Crippen molar-refractivity contribution in [3.8, 4) is 0 Å². The number of ether oxygens (including phenoxy) is 1. The van der Waals surface area contributed by atoms with Gasteiger partial charge < -0.3 is 10.5 Å². The number of pyridine rings is 1. The van der Waals surface area contributed by atoms with E-state index in [0.29, 0.717) is 33.2 Å². The molecule has 1 aliphatic heterocycles. The smallest absolute Gasteiger partial charge is 0.315 e. The maximum atomic E-state index is 12.8. The van der Waals surface area contributed by atoms with Crippen molar-refractivity contribution in [3.05, 3.63) is 50.6 Å². The van der Waals surface area contributed by atoms with Gasteiger partial charge in [-0.15, -0.1) is 0 Å². The molecule has 2 N–H and O–H groups in total. The van der Waals surface area contributed by atoms with Gasteiger partial charge in [-0.1, -0.05) is 42.3 Å². The second-order valence-electron chi connectivity index (χ2n) is 7.91. The van der Waals surface area contributed by atoms with Crippen molar-refractivity contribution in [1.82, 2.24) is 4.98 Å². The van der Waals surface area contributed by atoms with Crippen LogP contribution in [-0.4, -0.2) is 23.8 Å². The molecule has 0 fully saturated rings. The number of esters is 1. The predicted octanol–water partition coefficient (Wildman–Crippen LogP) is 5.12. The van der Waals surface area contributed by atoms with Gasteiger partial charge in [-0.05, 0) is 49.3 Å². The van der Waals surface area contributed by atoms with Crippen molar-refractivity contribution in [1.29, 1.82) is 0 Å². The number of nitrogens with zero attached hydrogens (tertiary/aromatic N) is 2. The van der Waals surface area contributed by atoms with Crippen molar-refractivity contribution in [2.24, 2.45) is 16.8 Å². The molecule has 0 bridgehead atoms. The molecule has 2 aliphatic rings. The molecule has 1 aromatic heterocycles. The second kappa shape index (κ2) is 7.62. The van der Waals surface area contributed by atoms with Gasteiger partial charge >= 0.3 is 5.97 Å². The Bertz CT molecular complexity index is 1040. The highest BCUT2D eigenvalue weighted by Gasteiger charge is 2.42. The number of aryl methyl sites for hydroxylation is 1. The van der Waals surface area contributed by atoms with E-state index >= 15 is 0 Å². The molecule has 5 nitrogen and oxygen atoms in total. The van der Waals surface area contributed by atoms with Gasteiger partial charge in [0.05, 0.1) is 17.2 Å². The van der Waals surface area contributed by atoms with Gasteiger partial charge in [-0.25, -0.2) is 9.98 Å². The number of carbonyl (C=O) groups is 1. The first-order valence-corrected chi connectivity index (χ1v) is 10.5. The van der Waals surface area contributed by atoms with E-state index in [2.05, 4.69) is 11.9 Å². The van der Waals surface area contributed by atoms with E-state index in [1.807, 2.05) is 19.1 Å². The Morgan fingerprint density at radius 3 is 2.79 bits per heavy atom. The molecule has 1 aliphatic carbocycles. The molecule has 152 valence electrons. The fraction of sp³-hybridized carbons (Fsp3) is 0.409. The highest BCUT2D eigenvalue weighted by Crippen LogP contribution is 2.49. The Hall–Kier alpha value is -2.11. The first-order valence-electron chi connectivity index (χ1n) is 9.71. The summed E-state index contributed by atoms with van der Waals surface area (Å²) in [6.45, 7) is 4.03. The van der Waals surface area contributed by atoms with Crippen LogP contribution in [0, 0.1) is 11.8 Å². The number of hydrogen-bond acceptors (Lipinski definition) is 5. The highest BCUT2D eigenvalue weighted by atomic mass is 35.5. The molecule has 3 unspecified atom stereocenters. The minimum atomic E-state index is -0.647. The first kappa shape index (κ1) is 20.2. The maximum absolute atomic E-state index is 12.8. The van der Waals surface area contributed by atoms with E-state index < -0.39 is 11.8 Å². The Morgan fingerprint density at radius 2 is 2.07 bits per heavy atom. The van der Waals surface area contributed by atoms with Crippen LogP contribution < -0.4 is 5.73 Å². The minimum absolute atomic E-state index is 0.386. The van der Waals surface area contributed by atoms with Crippen LogP contribution in [0.15, 0.2) is 23.2 Å². The SMILES string of the molecule is COC(=O)C1C(C)=Nc2nc3c(c(N)c2C1c1cccc(Cl)c1Cl)CC(C)CC3. The molecule has 0 radical (unpaired) electrons. The number of aromatic nitrogens is 1. The molecule has 4 rings (SSSR count). The molecule has 1 aromatic carbocycles. The average Bonchev–Trinajstić information content (AvgIpc) is 2.69. The third-order valence-electron chi connectivity index (χ3n) is 6.02. The van der Waals surface area contributed by atoms with E-state index in [0.717, 1.165) is 41.6 Å². The third kappa shape index (κ3) is 3.30. The van der Waals surface area contributed by atoms with Gasteiger partial charge in [-0.2, -0.15) is 0 Å². The summed E-state index contributed by atoms with van der Waals surface area (Å²) in [5.74, 6) is -0.399. The van der Waals surface area contributed by atoms with Gasteiger partial charge in [0.1, 0.15) is 5.92 Å². The zero-order valence-electron chi connectivity index (χ0n) is 16.6. The summed E-state index contributed by atoms with van der Waals surface area (Å²) in [7, 11) is 1.37. The van der Waals surface area contributed by atoms with Gasteiger partial charge in [-0.3, -0.25) is 4.79 Å².